The molecule has 28 heavy (non-hydrogen) atoms. The number of thiocarbonyl (C=S) groups is 1. The number of hydrogen-bond donors (Lipinski definition) is 2. The van der Waals surface area contributed by atoms with Crippen LogP contribution in [0.3, 0.4) is 0 Å². The first-order chi connectivity index (χ1) is 13.5. The van der Waals surface area contributed by atoms with Crippen molar-refractivity contribution in [3.05, 3.63) is 71.8 Å². The molecule has 3 N–H and O–H groups in total. The minimum absolute atomic E-state index is 0.0660. The molecule has 1 heterocycles. The molecule has 0 saturated heterocycles. The molecule has 2 aliphatic rings. The van der Waals surface area contributed by atoms with Crippen molar-refractivity contribution in [2.24, 2.45) is 22.1 Å². The molecule has 2 aromatic carbocycles. The number of carbonyl (C=O) groups is 2. The molecule has 6 heteroatoms. The Labute approximate surface area is 169 Å². The maximum atomic E-state index is 13.5. The van der Waals surface area contributed by atoms with E-state index < -0.39 is 17.3 Å². The molecule has 142 valence electrons. The van der Waals surface area contributed by atoms with Crippen LogP contribution in [-0.4, -0.2) is 22.6 Å². The lowest BCUT2D eigenvalue weighted by Crippen LogP contribution is -2.64. The number of carbonyl (C=O) groups excluding carboxylic acids is 2. The Kier molecular flexibility index (Phi) is 4.59. The van der Waals surface area contributed by atoms with E-state index in [0.717, 1.165) is 11.1 Å². The van der Waals surface area contributed by atoms with Gasteiger partial charge in [0.25, 0.3) is 0 Å². The van der Waals surface area contributed by atoms with Gasteiger partial charge in [-0.2, -0.15) is 0 Å². The van der Waals surface area contributed by atoms with Gasteiger partial charge in [-0.05, 0) is 23.3 Å². The second kappa shape index (κ2) is 6.95. The van der Waals surface area contributed by atoms with Crippen LogP contribution in [0.15, 0.2) is 65.7 Å². The number of nitrogens with two attached hydrogens (primary N) is 1. The SMILES string of the molecule is CC1C(=O)CC(c2ccccc2)C2(C(=O)NC(=S)N=C2N)C1c1ccccc1. The fraction of sp³-hybridized carbons (Fsp3) is 0.273. The second-order valence-electron chi connectivity index (χ2n) is 7.44. The van der Waals surface area contributed by atoms with Crippen LogP contribution >= 0.6 is 12.2 Å². The van der Waals surface area contributed by atoms with Crippen molar-refractivity contribution in [3.8, 4) is 0 Å². The monoisotopic (exact) mass is 391 g/mol. The molecule has 4 atom stereocenters. The summed E-state index contributed by atoms with van der Waals surface area (Å²) >= 11 is 5.11. The standard InChI is InChI=1S/C22H21N3O2S/c1-13-17(26)12-16(14-8-4-2-5-9-14)22(18(13)15-10-6-3-7-11-15)19(23)24-21(28)25-20(22)27/h2-11,13,16,18H,12H2,1H3,(H3,23,24,25,27,28). The maximum Gasteiger partial charge on any atom is 0.241 e. The van der Waals surface area contributed by atoms with Crippen molar-refractivity contribution in [2.75, 3.05) is 0 Å². The molecule has 0 bridgehead atoms. The van der Waals surface area contributed by atoms with Crippen molar-refractivity contribution >= 4 is 34.9 Å². The fourth-order valence-corrected chi connectivity index (χ4v) is 5.00. The highest BCUT2D eigenvalue weighted by Gasteiger charge is 2.62. The number of rotatable bonds is 2. The normalized spacial score (nSPS) is 30.1. The number of ketones is 1. The molecular formula is C22H21N3O2S. The summed E-state index contributed by atoms with van der Waals surface area (Å²) < 4.78 is 0. The summed E-state index contributed by atoms with van der Waals surface area (Å²) in [6.45, 7) is 1.87. The van der Waals surface area contributed by atoms with Gasteiger partial charge in [-0.15, -0.1) is 0 Å². The van der Waals surface area contributed by atoms with Crippen LogP contribution in [0.25, 0.3) is 0 Å². The molecule has 4 rings (SSSR count). The molecule has 4 unspecified atom stereocenters. The predicted octanol–water partition coefficient (Wildman–Crippen LogP) is 2.92. The van der Waals surface area contributed by atoms with Gasteiger partial charge in [0.05, 0.1) is 0 Å². The number of hydrogen-bond acceptors (Lipinski definition) is 4. The van der Waals surface area contributed by atoms with Gasteiger partial charge in [0.15, 0.2) is 0 Å². The largest absolute Gasteiger partial charge is 0.386 e. The number of nitrogens with zero attached hydrogens (tertiary/aromatic N) is 1. The Hall–Kier alpha value is -2.86. The first-order valence-corrected chi connectivity index (χ1v) is 9.69. The van der Waals surface area contributed by atoms with Gasteiger partial charge in [0, 0.05) is 24.2 Å². The summed E-state index contributed by atoms with van der Waals surface area (Å²) in [5, 5.41) is 2.78. The van der Waals surface area contributed by atoms with Crippen LogP contribution in [0.1, 0.15) is 36.3 Å². The molecule has 1 spiro atoms. The third-order valence-corrected chi connectivity index (χ3v) is 6.25. The van der Waals surface area contributed by atoms with Crippen molar-refractivity contribution in [1.29, 1.82) is 0 Å². The van der Waals surface area contributed by atoms with Crippen LogP contribution in [0.4, 0.5) is 0 Å². The average molecular weight is 391 g/mol. The summed E-state index contributed by atoms with van der Waals surface area (Å²) in [7, 11) is 0. The lowest BCUT2D eigenvalue weighted by Gasteiger charge is -2.51. The molecule has 1 aliphatic carbocycles. The lowest BCUT2D eigenvalue weighted by molar-refractivity contribution is -0.136. The first kappa shape index (κ1) is 18.5. The minimum atomic E-state index is -1.18. The van der Waals surface area contributed by atoms with E-state index in [2.05, 4.69) is 10.3 Å². The predicted molar refractivity (Wildman–Crippen MR) is 112 cm³/mol. The molecule has 0 radical (unpaired) electrons. The van der Waals surface area contributed by atoms with Crippen LogP contribution in [0.2, 0.25) is 0 Å². The number of aliphatic imine (C=N–C) groups is 1. The van der Waals surface area contributed by atoms with Crippen LogP contribution < -0.4 is 11.1 Å². The minimum Gasteiger partial charge on any atom is -0.386 e. The average Bonchev–Trinajstić information content (AvgIpc) is 2.69. The molecule has 1 amide bonds. The van der Waals surface area contributed by atoms with Gasteiger partial charge in [0.1, 0.15) is 17.0 Å². The van der Waals surface area contributed by atoms with Crippen molar-refractivity contribution < 1.29 is 9.59 Å². The number of amides is 1. The topological polar surface area (TPSA) is 84.5 Å². The van der Waals surface area contributed by atoms with E-state index in [0.29, 0.717) is 0 Å². The van der Waals surface area contributed by atoms with Gasteiger partial charge in [-0.3, -0.25) is 9.59 Å². The zero-order valence-electron chi connectivity index (χ0n) is 15.5. The maximum absolute atomic E-state index is 13.5. The Morgan fingerprint density at radius 2 is 1.61 bits per heavy atom. The van der Waals surface area contributed by atoms with Gasteiger partial charge < -0.3 is 11.1 Å². The van der Waals surface area contributed by atoms with Gasteiger partial charge in [0.2, 0.25) is 11.0 Å². The van der Waals surface area contributed by atoms with E-state index in [1.807, 2.05) is 67.6 Å². The Morgan fingerprint density at radius 1 is 1.04 bits per heavy atom. The quantitative estimate of drug-likeness (QED) is 0.771. The summed E-state index contributed by atoms with van der Waals surface area (Å²) in [5.41, 5.74) is 7.08. The zero-order chi connectivity index (χ0) is 19.9. The second-order valence-corrected chi connectivity index (χ2v) is 7.82. The molecule has 1 aliphatic heterocycles. The third-order valence-electron chi connectivity index (χ3n) is 6.06. The van der Waals surface area contributed by atoms with E-state index in [1.165, 1.54) is 0 Å². The number of Topliss-reactive ketones (excluding diaryl/α,β-unsaturated/α-hetero) is 1. The summed E-state index contributed by atoms with van der Waals surface area (Å²) in [4.78, 5) is 30.9. The van der Waals surface area contributed by atoms with Crippen molar-refractivity contribution in [1.82, 2.24) is 5.32 Å². The van der Waals surface area contributed by atoms with E-state index >= 15 is 0 Å². The zero-order valence-corrected chi connectivity index (χ0v) is 16.3. The van der Waals surface area contributed by atoms with E-state index in [1.54, 1.807) is 0 Å². The molecule has 2 aromatic rings. The van der Waals surface area contributed by atoms with Crippen LogP contribution in [-0.2, 0) is 9.59 Å². The highest BCUT2D eigenvalue weighted by molar-refractivity contribution is 7.80. The Balaban J connectivity index is 2.02. The molecule has 0 aromatic heterocycles. The summed E-state index contributed by atoms with van der Waals surface area (Å²) in [5.74, 6) is -1.23. The van der Waals surface area contributed by atoms with Crippen LogP contribution in [0, 0.1) is 11.3 Å². The highest BCUT2D eigenvalue weighted by Crippen LogP contribution is 2.57. The van der Waals surface area contributed by atoms with E-state index in [9.17, 15) is 9.59 Å². The molecule has 1 saturated carbocycles. The Bertz CT molecular complexity index is 974. The lowest BCUT2D eigenvalue weighted by atomic mass is 9.51. The fourth-order valence-electron chi connectivity index (χ4n) is 4.81. The van der Waals surface area contributed by atoms with E-state index in [4.69, 9.17) is 18.0 Å². The smallest absolute Gasteiger partial charge is 0.241 e. The summed E-state index contributed by atoms with van der Waals surface area (Å²) in [6.07, 6.45) is 0.227. The number of amidine groups is 1. The molecular weight excluding hydrogens is 370 g/mol. The van der Waals surface area contributed by atoms with Crippen molar-refractivity contribution in [2.45, 2.75) is 25.2 Å². The number of benzene rings is 2. The van der Waals surface area contributed by atoms with Crippen molar-refractivity contribution in [3.63, 3.8) is 0 Å². The van der Waals surface area contributed by atoms with Gasteiger partial charge >= 0.3 is 0 Å². The highest BCUT2D eigenvalue weighted by atomic mass is 32.1. The van der Waals surface area contributed by atoms with E-state index in [-0.39, 0.29) is 35.0 Å². The first-order valence-electron chi connectivity index (χ1n) is 9.29. The molecule has 5 nitrogen and oxygen atoms in total. The number of nitrogens with one attached hydrogen (secondary N) is 1. The summed E-state index contributed by atoms with van der Waals surface area (Å²) in [6, 6.07) is 19.2. The molecule has 1 fully saturated rings. The third kappa shape index (κ3) is 2.67. The van der Waals surface area contributed by atoms with Crippen LogP contribution in [0.5, 0.6) is 0 Å². The van der Waals surface area contributed by atoms with Gasteiger partial charge in [-0.25, -0.2) is 4.99 Å². The van der Waals surface area contributed by atoms with Gasteiger partial charge in [-0.1, -0.05) is 67.6 Å². The Morgan fingerprint density at radius 3 is 2.18 bits per heavy atom.